The quantitative estimate of drug-likeness (QED) is 0.802. The molecule has 0 aliphatic heterocycles. The zero-order chi connectivity index (χ0) is 14.4. The molecule has 3 N–H and O–H groups in total. The lowest BCUT2D eigenvalue weighted by Crippen LogP contribution is -2.30. The van der Waals surface area contributed by atoms with Gasteiger partial charge in [0.2, 0.25) is 5.91 Å². The van der Waals surface area contributed by atoms with Gasteiger partial charge >= 0.3 is 0 Å². The monoisotopic (exact) mass is 290 g/mol. The van der Waals surface area contributed by atoms with E-state index in [1.807, 2.05) is 37.3 Å². The Morgan fingerprint density at radius 3 is 2.70 bits per heavy atom. The van der Waals surface area contributed by atoms with Crippen molar-refractivity contribution in [2.24, 2.45) is 5.73 Å². The van der Waals surface area contributed by atoms with Gasteiger partial charge in [-0.3, -0.25) is 4.79 Å². The first-order valence-corrected chi connectivity index (χ1v) is 7.33. The first kappa shape index (κ1) is 14.7. The van der Waals surface area contributed by atoms with E-state index >= 15 is 0 Å². The fourth-order valence-electron chi connectivity index (χ4n) is 1.69. The van der Waals surface area contributed by atoms with E-state index in [9.17, 15) is 4.79 Å². The Bertz CT molecular complexity index is 538. The van der Waals surface area contributed by atoms with Crippen molar-refractivity contribution >= 4 is 17.7 Å². The van der Waals surface area contributed by atoms with Crippen LogP contribution >= 0.6 is 11.8 Å². The Labute approximate surface area is 122 Å². The summed E-state index contributed by atoms with van der Waals surface area (Å²) in [5.74, 6) is 0.747. The minimum Gasteiger partial charge on any atom is -0.467 e. The van der Waals surface area contributed by atoms with E-state index in [0.29, 0.717) is 13.1 Å². The summed E-state index contributed by atoms with van der Waals surface area (Å²) < 4.78 is 5.17. The van der Waals surface area contributed by atoms with Crippen LogP contribution in [0.3, 0.4) is 0 Å². The smallest absolute Gasteiger partial charge is 0.233 e. The van der Waals surface area contributed by atoms with Gasteiger partial charge in [-0.1, -0.05) is 12.1 Å². The average molecular weight is 290 g/mol. The van der Waals surface area contributed by atoms with Crippen LogP contribution in [-0.4, -0.2) is 11.2 Å². The summed E-state index contributed by atoms with van der Waals surface area (Å²) in [6, 6.07) is 11.6. The van der Waals surface area contributed by atoms with Gasteiger partial charge in [0, 0.05) is 11.4 Å². The van der Waals surface area contributed by atoms with E-state index in [2.05, 4.69) is 5.32 Å². The first-order valence-electron chi connectivity index (χ1n) is 6.45. The number of nitrogens with one attached hydrogen (secondary N) is 1. The first-order chi connectivity index (χ1) is 9.69. The molecule has 0 aliphatic carbocycles. The zero-order valence-corrected chi connectivity index (χ0v) is 12.2. The minimum atomic E-state index is -0.159. The van der Waals surface area contributed by atoms with Gasteiger partial charge in [-0.25, -0.2) is 0 Å². The molecule has 1 unspecified atom stereocenters. The number of nitrogens with two attached hydrogens (primary N) is 1. The van der Waals surface area contributed by atoms with Crippen LogP contribution in [-0.2, 0) is 17.9 Å². The Kier molecular flexibility index (Phi) is 5.26. The summed E-state index contributed by atoms with van der Waals surface area (Å²) >= 11 is 1.52. The number of furan rings is 1. The standard InChI is InChI=1S/C15H18N2O2S/c1-11(15(18)17-10-13-3-2-8-19-13)20-14-6-4-12(9-16)5-7-14/h2-8,11H,9-10,16H2,1H3,(H,17,18). The number of thioether (sulfide) groups is 1. The molecule has 0 saturated carbocycles. The maximum atomic E-state index is 12.0. The van der Waals surface area contributed by atoms with Gasteiger partial charge in [-0.05, 0) is 36.8 Å². The van der Waals surface area contributed by atoms with E-state index in [4.69, 9.17) is 10.2 Å². The number of carbonyl (C=O) groups is 1. The number of carbonyl (C=O) groups excluding carboxylic acids is 1. The van der Waals surface area contributed by atoms with Crippen LogP contribution in [0.25, 0.3) is 0 Å². The highest BCUT2D eigenvalue weighted by molar-refractivity contribution is 8.00. The molecule has 0 radical (unpaired) electrons. The molecule has 0 saturated heterocycles. The summed E-state index contributed by atoms with van der Waals surface area (Å²) in [7, 11) is 0. The van der Waals surface area contributed by atoms with Crippen molar-refractivity contribution < 1.29 is 9.21 Å². The maximum Gasteiger partial charge on any atom is 0.233 e. The normalized spacial score (nSPS) is 12.1. The van der Waals surface area contributed by atoms with Gasteiger partial charge in [-0.15, -0.1) is 11.8 Å². The number of amides is 1. The summed E-state index contributed by atoms with van der Waals surface area (Å²) in [6.45, 7) is 2.84. The third-order valence-electron chi connectivity index (χ3n) is 2.86. The molecular formula is C15H18N2O2S. The molecule has 1 atom stereocenters. The third kappa shape index (κ3) is 4.15. The van der Waals surface area contributed by atoms with Gasteiger partial charge < -0.3 is 15.5 Å². The topological polar surface area (TPSA) is 68.3 Å². The molecule has 0 spiro atoms. The fraction of sp³-hybridized carbons (Fsp3) is 0.267. The molecule has 106 valence electrons. The number of rotatable bonds is 6. The van der Waals surface area contributed by atoms with E-state index in [0.717, 1.165) is 16.2 Å². The second-order valence-corrected chi connectivity index (χ2v) is 5.82. The fourth-order valence-corrected chi connectivity index (χ4v) is 2.58. The van der Waals surface area contributed by atoms with Crippen LogP contribution in [0.15, 0.2) is 52.0 Å². The van der Waals surface area contributed by atoms with E-state index in [1.54, 1.807) is 12.3 Å². The third-order valence-corrected chi connectivity index (χ3v) is 3.97. The second kappa shape index (κ2) is 7.17. The lowest BCUT2D eigenvalue weighted by molar-refractivity contribution is -0.120. The molecule has 2 rings (SSSR count). The van der Waals surface area contributed by atoms with Crippen LogP contribution < -0.4 is 11.1 Å². The van der Waals surface area contributed by atoms with Crippen molar-refractivity contribution in [1.82, 2.24) is 5.32 Å². The van der Waals surface area contributed by atoms with Crippen LogP contribution in [0.1, 0.15) is 18.2 Å². The molecule has 1 amide bonds. The minimum absolute atomic E-state index is 0.00528. The predicted octanol–water partition coefficient (Wildman–Crippen LogP) is 2.54. The lowest BCUT2D eigenvalue weighted by atomic mass is 10.2. The van der Waals surface area contributed by atoms with Gasteiger partial charge in [0.05, 0.1) is 18.1 Å². The van der Waals surface area contributed by atoms with Crippen molar-refractivity contribution in [3.63, 3.8) is 0 Å². The maximum absolute atomic E-state index is 12.0. The van der Waals surface area contributed by atoms with Crippen molar-refractivity contribution in [3.05, 3.63) is 54.0 Å². The summed E-state index contributed by atoms with van der Waals surface area (Å²) in [6.07, 6.45) is 1.60. The Morgan fingerprint density at radius 2 is 2.10 bits per heavy atom. The SMILES string of the molecule is CC(Sc1ccc(CN)cc1)C(=O)NCc1ccco1. The van der Waals surface area contributed by atoms with Crippen LogP contribution in [0.5, 0.6) is 0 Å². The molecule has 1 aromatic heterocycles. The molecule has 5 heteroatoms. The molecule has 0 aliphatic rings. The van der Waals surface area contributed by atoms with Crippen molar-refractivity contribution in [1.29, 1.82) is 0 Å². The molecule has 2 aromatic rings. The Balaban J connectivity index is 1.83. The molecule has 0 fully saturated rings. The van der Waals surface area contributed by atoms with Crippen molar-refractivity contribution in [3.8, 4) is 0 Å². The largest absolute Gasteiger partial charge is 0.467 e. The molecule has 0 bridgehead atoms. The van der Waals surface area contributed by atoms with Crippen molar-refractivity contribution in [2.75, 3.05) is 0 Å². The second-order valence-electron chi connectivity index (χ2n) is 4.41. The summed E-state index contributed by atoms with van der Waals surface area (Å²) in [5, 5.41) is 2.70. The Hall–Kier alpha value is -1.72. The average Bonchev–Trinajstić information content (AvgIpc) is 2.98. The van der Waals surface area contributed by atoms with E-state index in [-0.39, 0.29) is 11.2 Å². The van der Waals surface area contributed by atoms with Crippen LogP contribution in [0.4, 0.5) is 0 Å². The summed E-state index contributed by atoms with van der Waals surface area (Å²) in [4.78, 5) is 13.0. The van der Waals surface area contributed by atoms with Crippen molar-refractivity contribution in [2.45, 2.75) is 30.2 Å². The van der Waals surface area contributed by atoms with Gasteiger partial charge in [0.15, 0.2) is 0 Å². The lowest BCUT2D eigenvalue weighted by Gasteiger charge is -2.11. The van der Waals surface area contributed by atoms with Gasteiger partial charge in [0.1, 0.15) is 5.76 Å². The predicted molar refractivity (Wildman–Crippen MR) is 80.2 cm³/mol. The number of hydrogen-bond acceptors (Lipinski definition) is 4. The molecule has 1 heterocycles. The molecule has 20 heavy (non-hydrogen) atoms. The Morgan fingerprint density at radius 1 is 1.35 bits per heavy atom. The van der Waals surface area contributed by atoms with E-state index in [1.165, 1.54) is 11.8 Å². The van der Waals surface area contributed by atoms with Gasteiger partial charge in [-0.2, -0.15) is 0 Å². The number of benzene rings is 1. The van der Waals surface area contributed by atoms with Gasteiger partial charge in [0.25, 0.3) is 0 Å². The molecule has 4 nitrogen and oxygen atoms in total. The zero-order valence-electron chi connectivity index (χ0n) is 11.3. The molecular weight excluding hydrogens is 272 g/mol. The molecule has 1 aromatic carbocycles. The highest BCUT2D eigenvalue weighted by atomic mass is 32.2. The highest BCUT2D eigenvalue weighted by Gasteiger charge is 2.14. The highest BCUT2D eigenvalue weighted by Crippen LogP contribution is 2.23. The van der Waals surface area contributed by atoms with Crippen LogP contribution in [0.2, 0.25) is 0 Å². The summed E-state index contributed by atoms with van der Waals surface area (Å²) in [5.41, 5.74) is 6.64. The number of hydrogen-bond donors (Lipinski definition) is 2. The van der Waals surface area contributed by atoms with E-state index < -0.39 is 0 Å². The van der Waals surface area contributed by atoms with Crippen LogP contribution in [0, 0.1) is 0 Å².